The zero-order valence-electron chi connectivity index (χ0n) is 19.3. The van der Waals surface area contributed by atoms with Gasteiger partial charge in [0.2, 0.25) is 0 Å². The van der Waals surface area contributed by atoms with Gasteiger partial charge in [-0.1, -0.05) is 22.8 Å². The molecule has 0 radical (unpaired) electrons. The summed E-state index contributed by atoms with van der Waals surface area (Å²) in [6.07, 6.45) is -3.82. The van der Waals surface area contributed by atoms with Crippen molar-refractivity contribution in [3.05, 3.63) is 98.6 Å². The van der Waals surface area contributed by atoms with E-state index in [1.165, 1.54) is 6.07 Å². The third-order valence-corrected chi connectivity index (χ3v) is 6.25. The molecule has 1 aliphatic heterocycles. The van der Waals surface area contributed by atoms with Gasteiger partial charge >= 0.3 is 6.18 Å². The van der Waals surface area contributed by atoms with Crippen LogP contribution in [0, 0.1) is 24.4 Å². The Kier molecular flexibility index (Phi) is 6.93. The molecule has 194 valence electrons. The quantitative estimate of drug-likeness (QED) is 0.298. The summed E-state index contributed by atoms with van der Waals surface area (Å²) in [6, 6.07) is 7.24. The highest BCUT2D eigenvalue weighted by molar-refractivity contribution is 6.31. The molecule has 12 heteroatoms. The van der Waals surface area contributed by atoms with Crippen molar-refractivity contribution in [3.63, 3.8) is 0 Å². The highest BCUT2D eigenvalue weighted by Crippen LogP contribution is 2.37. The normalized spacial score (nSPS) is 17.4. The highest BCUT2D eigenvalue weighted by atomic mass is 35.5. The molecule has 1 atom stereocenters. The fourth-order valence-electron chi connectivity index (χ4n) is 3.82. The average Bonchev–Trinajstić information content (AvgIpc) is 3.24. The number of hydrogen-bond acceptors (Lipinski definition) is 4. The number of carbonyl (C=O) groups excluding carboxylic acids is 1. The van der Waals surface area contributed by atoms with Crippen LogP contribution in [0.5, 0.6) is 0 Å². The van der Waals surface area contributed by atoms with Gasteiger partial charge in [-0.25, -0.2) is 13.2 Å². The SMILES string of the molecule is Cc1cc(C2=NOC(C)(c3cc(F)c(F)c(F)c3)C2)ccc1C(=O)NCc1ncc(C(F)(F)F)cc1Cl. The Balaban J connectivity index is 1.45. The van der Waals surface area contributed by atoms with Crippen LogP contribution in [0.4, 0.5) is 26.3 Å². The number of benzene rings is 2. The van der Waals surface area contributed by atoms with Crippen molar-refractivity contribution in [1.82, 2.24) is 10.3 Å². The van der Waals surface area contributed by atoms with Crippen LogP contribution in [0.2, 0.25) is 5.02 Å². The van der Waals surface area contributed by atoms with Crippen LogP contribution in [0.25, 0.3) is 0 Å². The van der Waals surface area contributed by atoms with Crippen LogP contribution in [0.3, 0.4) is 0 Å². The molecular weight excluding hydrogens is 524 g/mol. The number of aryl methyl sites for hydroxylation is 1. The second-order valence-electron chi connectivity index (χ2n) is 8.65. The number of carbonyl (C=O) groups is 1. The lowest BCUT2D eigenvalue weighted by Crippen LogP contribution is -2.25. The number of halogens is 7. The van der Waals surface area contributed by atoms with Crippen molar-refractivity contribution in [3.8, 4) is 0 Å². The van der Waals surface area contributed by atoms with Crippen molar-refractivity contribution in [2.75, 3.05) is 0 Å². The summed E-state index contributed by atoms with van der Waals surface area (Å²) in [4.78, 5) is 21.8. The molecule has 0 spiro atoms. The molecule has 3 aromatic rings. The summed E-state index contributed by atoms with van der Waals surface area (Å²) in [5, 5.41) is 6.36. The van der Waals surface area contributed by atoms with Gasteiger partial charge in [0.05, 0.1) is 28.5 Å². The Hall–Kier alpha value is -3.60. The minimum absolute atomic E-state index is 0.0719. The van der Waals surface area contributed by atoms with Gasteiger partial charge in [0.1, 0.15) is 0 Å². The summed E-state index contributed by atoms with van der Waals surface area (Å²) in [7, 11) is 0. The standard InChI is InChI=1S/C25H18ClF6N3O2/c1-12-5-13(20-9-24(2,37-35-20)14-7-18(27)22(29)19(28)8-14)3-4-16(12)23(36)34-11-21-17(26)6-15(10-33-21)25(30,31)32/h3-8,10H,9,11H2,1-2H3,(H,34,36). The predicted octanol–water partition coefficient (Wildman–Crippen LogP) is 6.45. The number of aromatic nitrogens is 1. The van der Waals surface area contributed by atoms with Crippen molar-refractivity contribution in [2.24, 2.45) is 5.16 Å². The first-order chi connectivity index (χ1) is 17.3. The third kappa shape index (κ3) is 5.41. The minimum atomic E-state index is -4.59. The van der Waals surface area contributed by atoms with Gasteiger partial charge in [0, 0.05) is 23.7 Å². The van der Waals surface area contributed by atoms with Gasteiger partial charge in [-0.05, 0) is 55.3 Å². The smallest absolute Gasteiger partial charge is 0.384 e. The summed E-state index contributed by atoms with van der Waals surface area (Å²) >= 11 is 5.88. The predicted molar refractivity (Wildman–Crippen MR) is 123 cm³/mol. The lowest BCUT2D eigenvalue weighted by Gasteiger charge is -2.22. The number of nitrogens with one attached hydrogen (secondary N) is 1. The van der Waals surface area contributed by atoms with Gasteiger partial charge < -0.3 is 10.2 Å². The fraction of sp³-hybridized carbons (Fsp3) is 0.240. The van der Waals surface area contributed by atoms with Crippen LogP contribution in [0.15, 0.2) is 47.8 Å². The Morgan fingerprint density at radius 2 is 1.81 bits per heavy atom. The van der Waals surface area contributed by atoms with Crippen LogP contribution in [-0.4, -0.2) is 16.6 Å². The Labute approximate surface area is 212 Å². The molecule has 1 unspecified atom stereocenters. The van der Waals surface area contributed by atoms with E-state index in [1.54, 1.807) is 26.0 Å². The Morgan fingerprint density at radius 3 is 2.41 bits per heavy atom. The van der Waals surface area contributed by atoms with Crippen LogP contribution in [0.1, 0.15) is 51.7 Å². The van der Waals surface area contributed by atoms with E-state index < -0.39 is 40.7 Å². The third-order valence-electron chi connectivity index (χ3n) is 5.92. The number of oxime groups is 1. The van der Waals surface area contributed by atoms with E-state index in [9.17, 15) is 31.1 Å². The molecule has 1 N–H and O–H groups in total. The second kappa shape index (κ2) is 9.70. The first kappa shape index (κ1) is 26.5. The molecule has 0 bridgehead atoms. The van der Waals surface area contributed by atoms with Crippen molar-refractivity contribution in [2.45, 2.75) is 38.6 Å². The molecular formula is C25H18ClF6N3O2. The van der Waals surface area contributed by atoms with Crippen LogP contribution in [-0.2, 0) is 23.2 Å². The van der Waals surface area contributed by atoms with Gasteiger partial charge in [-0.2, -0.15) is 13.2 Å². The lowest BCUT2D eigenvalue weighted by molar-refractivity contribution is -0.137. The molecule has 0 saturated carbocycles. The maximum atomic E-state index is 13.7. The highest BCUT2D eigenvalue weighted by Gasteiger charge is 2.38. The van der Waals surface area contributed by atoms with E-state index in [0.29, 0.717) is 23.0 Å². The van der Waals surface area contributed by atoms with E-state index in [0.717, 1.165) is 18.2 Å². The number of hydrogen-bond donors (Lipinski definition) is 1. The summed E-state index contributed by atoms with van der Waals surface area (Å²) in [6.45, 7) is 3.04. The van der Waals surface area contributed by atoms with E-state index in [4.69, 9.17) is 16.4 Å². The van der Waals surface area contributed by atoms with Crippen molar-refractivity contribution in [1.29, 1.82) is 0 Å². The van der Waals surface area contributed by atoms with Gasteiger partial charge in [0.25, 0.3) is 5.91 Å². The second-order valence-corrected chi connectivity index (χ2v) is 9.06. The molecule has 2 aromatic carbocycles. The summed E-state index contributed by atoms with van der Waals surface area (Å²) < 4.78 is 79.1. The van der Waals surface area contributed by atoms with E-state index in [1.807, 2.05) is 0 Å². The van der Waals surface area contributed by atoms with Gasteiger partial charge in [-0.3, -0.25) is 9.78 Å². The van der Waals surface area contributed by atoms with E-state index in [-0.39, 0.29) is 34.8 Å². The Morgan fingerprint density at radius 1 is 1.14 bits per heavy atom. The number of pyridine rings is 1. The van der Waals surface area contributed by atoms with Crippen molar-refractivity contribution < 1.29 is 36.0 Å². The molecule has 0 aliphatic carbocycles. The molecule has 1 aliphatic rings. The fourth-order valence-corrected chi connectivity index (χ4v) is 4.05. The first-order valence-corrected chi connectivity index (χ1v) is 11.2. The largest absolute Gasteiger partial charge is 0.417 e. The average molecular weight is 542 g/mol. The number of rotatable bonds is 5. The zero-order valence-corrected chi connectivity index (χ0v) is 20.1. The Bertz CT molecular complexity index is 1400. The molecule has 0 saturated heterocycles. The van der Waals surface area contributed by atoms with Crippen molar-refractivity contribution >= 4 is 23.2 Å². The lowest BCUT2D eigenvalue weighted by atomic mass is 9.88. The minimum Gasteiger partial charge on any atom is -0.384 e. The van der Waals surface area contributed by atoms with E-state index >= 15 is 0 Å². The number of alkyl halides is 3. The molecule has 4 rings (SSSR count). The maximum absolute atomic E-state index is 13.7. The molecule has 1 aromatic heterocycles. The monoisotopic (exact) mass is 541 g/mol. The van der Waals surface area contributed by atoms with Crippen LogP contribution < -0.4 is 5.32 Å². The molecule has 2 heterocycles. The van der Waals surface area contributed by atoms with Crippen LogP contribution >= 0.6 is 11.6 Å². The van der Waals surface area contributed by atoms with E-state index in [2.05, 4.69) is 15.5 Å². The number of amides is 1. The molecule has 5 nitrogen and oxygen atoms in total. The van der Waals surface area contributed by atoms with Gasteiger partial charge in [-0.15, -0.1) is 0 Å². The molecule has 0 fully saturated rings. The first-order valence-electron chi connectivity index (χ1n) is 10.8. The molecule has 1 amide bonds. The zero-order chi connectivity index (χ0) is 27.1. The summed E-state index contributed by atoms with van der Waals surface area (Å²) in [5.74, 6) is -4.76. The molecule has 37 heavy (non-hydrogen) atoms. The summed E-state index contributed by atoms with van der Waals surface area (Å²) in [5.41, 5.74) is -0.204. The van der Waals surface area contributed by atoms with Gasteiger partial charge in [0.15, 0.2) is 23.1 Å². The maximum Gasteiger partial charge on any atom is 0.417 e. The number of nitrogens with zero attached hydrogens (tertiary/aromatic N) is 2. The topological polar surface area (TPSA) is 63.6 Å².